The number of urea groups is 1. The first-order chi connectivity index (χ1) is 12.1. The molecule has 2 heterocycles. The summed E-state index contributed by atoms with van der Waals surface area (Å²) in [4.78, 5) is 34.8. The van der Waals surface area contributed by atoms with E-state index < -0.39 is 12.1 Å². The standard InChI is InChI=1S/C18H23N3O4/c22-15(7-6-14-16(23)21-17(24)20-14)19-12-18(8-10-25-11-9-18)13-4-2-1-3-5-13/h1-5,14H,6-12H2,(H,19,22)(H2,20,21,23,24). The van der Waals surface area contributed by atoms with Crippen LogP contribution < -0.4 is 16.0 Å². The number of amides is 4. The lowest BCUT2D eigenvalue weighted by atomic mass is 9.74. The van der Waals surface area contributed by atoms with Gasteiger partial charge in [-0.2, -0.15) is 0 Å². The summed E-state index contributed by atoms with van der Waals surface area (Å²) in [6, 6.07) is 9.07. The smallest absolute Gasteiger partial charge is 0.322 e. The maximum Gasteiger partial charge on any atom is 0.322 e. The number of carbonyl (C=O) groups excluding carboxylic acids is 3. The lowest BCUT2D eigenvalue weighted by Gasteiger charge is -2.38. The van der Waals surface area contributed by atoms with Crippen molar-refractivity contribution in [3.63, 3.8) is 0 Å². The maximum absolute atomic E-state index is 12.2. The van der Waals surface area contributed by atoms with E-state index in [1.807, 2.05) is 18.2 Å². The molecule has 0 radical (unpaired) electrons. The number of hydrogen-bond donors (Lipinski definition) is 3. The van der Waals surface area contributed by atoms with Gasteiger partial charge in [-0.3, -0.25) is 14.9 Å². The van der Waals surface area contributed by atoms with Gasteiger partial charge in [-0.15, -0.1) is 0 Å². The van der Waals surface area contributed by atoms with E-state index in [1.165, 1.54) is 5.56 Å². The molecule has 134 valence electrons. The molecule has 2 saturated heterocycles. The van der Waals surface area contributed by atoms with Crippen LogP contribution in [-0.4, -0.2) is 43.6 Å². The molecule has 4 amide bonds. The highest BCUT2D eigenvalue weighted by molar-refractivity contribution is 6.04. The Bertz CT molecular complexity index is 641. The van der Waals surface area contributed by atoms with Gasteiger partial charge in [-0.05, 0) is 24.8 Å². The Kier molecular flexibility index (Phi) is 5.33. The number of imide groups is 1. The third-order valence-electron chi connectivity index (χ3n) is 4.98. The Labute approximate surface area is 146 Å². The lowest BCUT2D eigenvalue weighted by molar-refractivity contribution is -0.122. The topological polar surface area (TPSA) is 96.5 Å². The molecule has 2 aliphatic rings. The number of ether oxygens (including phenoxy) is 1. The van der Waals surface area contributed by atoms with Crippen molar-refractivity contribution in [3.8, 4) is 0 Å². The Morgan fingerprint density at radius 1 is 1.20 bits per heavy atom. The highest BCUT2D eigenvalue weighted by Gasteiger charge is 2.35. The number of rotatable bonds is 6. The van der Waals surface area contributed by atoms with E-state index in [-0.39, 0.29) is 23.7 Å². The average Bonchev–Trinajstić information content (AvgIpc) is 2.97. The molecule has 1 atom stereocenters. The average molecular weight is 345 g/mol. The summed E-state index contributed by atoms with van der Waals surface area (Å²) in [7, 11) is 0. The van der Waals surface area contributed by atoms with E-state index in [1.54, 1.807) is 0 Å². The van der Waals surface area contributed by atoms with Crippen LogP contribution in [0.4, 0.5) is 4.79 Å². The fraction of sp³-hybridized carbons (Fsp3) is 0.500. The van der Waals surface area contributed by atoms with Gasteiger partial charge in [-0.1, -0.05) is 30.3 Å². The van der Waals surface area contributed by atoms with Crippen LogP contribution >= 0.6 is 0 Å². The van der Waals surface area contributed by atoms with Gasteiger partial charge in [0.05, 0.1) is 0 Å². The SMILES string of the molecule is O=C(CCC1NC(=O)NC1=O)NCC1(c2ccccc2)CCOCC1. The van der Waals surface area contributed by atoms with E-state index in [0.717, 1.165) is 12.8 Å². The quantitative estimate of drug-likeness (QED) is 0.666. The molecule has 7 heteroatoms. The van der Waals surface area contributed by atoms with E-state index in [2.05, 4.69) is 28.1 Å². The van der Waals surface area contributed by atoms with Crippen LogP contribution in [0.25, 0.3) is 0 Å². The second-order valence-corrected chi connectivity index (χ2v) is 6.59. The number of nitrogens with one attached hydrogen (secondary N) is 3. The Balaban J connectivity index is 1.55. The van der Waals surface area contributed by atoms with Gasteiger partial charge >= 0.3 is 6.03 Å². The Morgan fingerprint density at radius 3 is 2.56 bits per heavy atom. The summed E-state index contributed by atoms with van der Waals surface area (Å²) in [6.07, 6.45) is 2.21. The number of hydrogen-bond acceptors (Lipinski definition) is 4. The molecule has 3 rings (SSSR count). The zero-order valence-electron chi connectivity index (χ0n) is 14.0. The van der Waals surface area contributed by atoms with Crippen LogP contribution in [0, 0.1) is 0 Å². The molecular formula is C18H23N3O4. The normalized spacial score (nSPS) is 22.2. The Morgan fingerprint density at radius 2 is 1.92 bits per heavy atom. The van der Waals surface area contributed by atoms with Crippen LogP contribution in [0.2, 0.25) is 0 Å². The van der Waals surface area contributed by atoms with Crippen LogP contribution in [0.3, 0.4) is 0 Å². The highest BCUT2D eigenvalue weighted by atomic mass is 16.5. The van der Waals surface area contributed by atoms with E-state index in [9.17, 15) is 14.4 Å². The number of benzene rings is 1. The molecule has 3 N–H and O–H groups in total. The molecule has 0 aromatic heterocycles. The van der Waals surface area contributed by atoms with Crippen LogP contribution in [0.1, 0.15) is 31.2 Å². The second-order valence-electron chi connectivity index (χ2n) is 6.59. The predicted octanol–water partition coefficient (Wildman–Crippen LogP) is 0.839. The molecule has 0 bridgehead atoms. The molecule has 7 nitrogen and oxygen atoms in total. The van der Waals surface area contributed by atoms with Gasteiger partial charge in [0.2, 0.25) is 5.91 Å². The largest absolute Gasteiger partial charge is 0.381 e. The minimum Gasteiger partial charge on any atom is -0.381 e. The Hall–Kier alpha value is -2.41. The fourth-order valence-corrected chi connectivity index (χ4v) is 3.42. The molecular weight excluding hydrogens is 322 g/mol. The van der Waals surface area contributed by atoms with Crippen molar-refractivity contribution in [1.29, 1.82) is 0 Å². The van der Waals surface area contributed by atoms with Gasteiger partial charge in [0.15, 0.2) is 0 Å². The molecule has 25 heavy (non-hydrogen) atoms. The van der Waals surface area contributed by atoms with Gasteiger partial charge in [-0.25, -0.2) is 4.79 Å². The maximum atomic E-state index is 12.2. The van der Waals surface area contributed by atoms with Crippen molar-refractivity contribution >= 4 is 17.8 Å². The van der Waals surface area contributed by atoms with Crippen LogP contribution in [-0.2, 0) is 19.7 Å². The molecule has 0 aliphatic carbocycles. The molecule has 2 fully saturated rings. The molecule has 1 unspecified atom stereocenters. The third kappa shape index (κ3) is 4.17. The fourth-order valence-electron chi connectivity index (χ4n) is 3.42. The van der Waals surface area contributed by atoms with Gasteiger partial charge < -0.3 is 15.4 Å². The molecule has 1 aromatic carbocycles. The van der Waals surface area contributed by atoms with Crippen molar-refractivity contribution in [3.05, 3.63) is 35.9 Å². The van der Waals surface area contributed by atoms with Gasteiger partial charge in [0.25, 0.3) is 5.91 Å². The summed E-state index contributed by atoms with van der Waals surface area (Å²) >= 11 is 0. The van der Waals surface area contributed by atoms with Crippen molar-refractivity contribution in [2.24, 2.45) is 0 Å². The summed E-state index contributed by atoms with van der Waals surface area (Å²) in [5.74, 6) is -0.487. The zero-order valence-corrected chi connectivity index (χ0v) is 14.0. The molecule has 0 spiro atoms. The first-order valence-electron chi connectivity index (χ1n) is 8.60. The van der Waals surface area contributed by atoms with E-state index in [0.29, 0.717) is 26.2 Å². The van der Waals surface area contributed by atoms with Crippen molar-refractivity contribution in [2.45, 2.75) is 37.1 Å². The minimum absolute atomic E-state index is 0.115. The van der Waals surface area contributed by atoms with Crippen LogP contribution in [0.15, 0.2) is 30.3 Å². The second kappa shape index (κ2) is 7.65. The molecule has 1 aromatic rings. The first kappa shape index (κ1) is 17.4. The summed E-state index contributed by atoms with van der Waals surface area (Å²) in [5, 5.41) is 7.67. The molecule has 0 saturated carbocycles. The van der Waals surface area contributed by atoms with Gasteiger partial charge in [0, 0.05) is 31.6 Å². The first-order valence-corrected chi connectivity index (χ1v) is 8.60. The van der Waals surface area contributed by atoms with Gasteiger partial charge in [0.1, 0.15) is 6.04 Å². The summed E-state index contributed by atoms with van der Waals surface area (Å²) in [5.41, 5.74) is 1.09. The van der Waals surface area contributed by atoms with Crippen molar-refractivity contribution < 1.29 is 19.1 Å². The molecule has 2 aliphatic heterocycles. The van der Waals surface area contributed by atoms with Crippen LogP contribution in [0.5, 0.6) is 0 Å². The van der Waals surface area contributed by atoms with Crippen molar-refractivity contribution in [1.82, 2.24) is 16.0 Å². The summed E-state index contributed by atoms with van der Waals surface area (Å²) in [6.45, 7) is 1.90. The highest BCUT2D eigenvalue weighted by Crippen LogP contribution is 2.34. The third-order valence-corrected chi connectivity index (χ3v) is 4.98. The van der Waals surface area contributed by atoms with E-state index >= 15 is 0 Å². The minimum atomic E-state index is -0.621. The zero-order chi connectivity index (χ0) is 17.7. The van der Waals surface area contributed by atoms with Crippen molar-refractivity contribution in [2.75, 3.05) is 19.8 Å². The predicted molar refractivity (Wildman–Crippen MR) is 90.9 cm³/mol. The lowest BCUT2D eigenvalue weighted by Crippen LogP contribution is -2.44. The monoisotopic (exact) mass is 345 g/mol. The number of carbonyl (C=O) groups is 3. The van der Waals surface area contributed by atoms with E-state index in [4.69, 9.17) is 4.74 Å². The summed E-state index contributed by atoms with van der Waals surface area (Å²) < 4.78 is 5.49.